The molecule has 2 N–H and O–H groups in total. The minimum absolute atomic E-state index is 0.00572. The highest BCUT2D eigenvalue weighted by atomic mass is 16.6. The van der Waals surface area contributed by atoms with Gasteiger partial charge < -0.3 is 10.6 Å². The maximum Gasteiger partial charge on any atom is 0.319 e. The van der Waals surface area contributed by atoms with Crippen molar-refractivity contribution in [2.45, 2.75) is 12.8 Å². The summed E-state index contributed by atoms with van der Waals surface area (Å²) in [5.41, 5.74) is 1.75. The van der Waals surface area contributed by atoms with E-state index in [2.05, 4.69) is 22.8 Å². The first-order valence-corrected chi connectivity index (χ1v) is 6.98. The Balaban J connectivity index is 1.70. The molecule has 2 amide bonds. The van der Waals surface area contributed by atoms with Crippen LogP contribution >= 0.6 is 0 Å². The zero-order valence-electron chi connectivity index (χ0n) is 12.0. The van der Waals surface area contributed by atoms with Crippen LogP contribution in [-0.4, -0.2) is 17.5 Å². The number of carbonyl (C=O) groups excluding carboxylic acids is 1. The average molecular weight is 299 g/mol. The Morgan fingerprint density at radius 3 is 2.36 bits per heavy atom. The minimum atomic E-state index is -0.479. The summed E-state index contributed by atoms with van der Waals surface area (Å²) in [6, 6.07) is 15.4. The second-order valence-corrected chi connectivity index (χ2v) is 4.77. The van der Waals surface area contributed by atoms with Crippen LogP contribution in [0.1, 0.15) is 12.0 Å². The Kier molecular flexibility index (Phi) is 5.48. The fraction of sp³-hybridized carbons (Fsp3) is 0.188. The first-order chi connectivity index (χ1) is 10.6. The third kappa shape index (κ3) is 4.90. The van der Waals surface area contributed by atoms with Crippen LogP contribution < -0.4 is 10.6 Å². The summed E-state index contributed by atoms with van der Waals surface area (Å²) >= 11 is 0. The van der Waals surface area contributed by atoms with Crippen LogP contribution in [0.15, 0.2) is 54.6 Å². The molecule has 0 aromatic heterocycles. The molecule has 0 spiro atoms. The van der Waals surface area contributed by atoms with Crippen LogP contribution in [0.3, 0.4) is 0 Å². The standard InChI is InChI=1S/C16H17N3O3/c20-16(17-12-4-7-13-5-2-1-3-6-13)18-14-8-10-15(11-9-14)19(21)22/h1-3,5-6,8-11H,4,7,12H2,(H2,17,18,20). The summed E-state index contributed by atoms with van der Waals surface area (Å²) in [6.07, 6.45) is 1.75. The Bertz CT molecular complexity index is 627. The number of nitro groups is 1. The molecule has 0 saturated carbocycles. The van der Waals surface area contributed by atoms with Crippen LogP contribution in [0.25, 0.3) is 0 Å². The van der Waals surface area contributed by atoms with Crippen LogP contribution in [0.2, 0.25) is 0 Å². The Labute approximate surface area is 128 Å². The zero-order chi connectivity index (χ0) is 15.8. The summed E-state index contributed by atoms with van der Waals surface area (Å²) in [5.74, 6) is 0. The number of nitrogens with one attached hydrogen (secondary N) is 2. The molecule has 0 heterocycles. The Hall–Kier alpha value is -2.89. The average Bonchev–Trinajstić information content (AvgIpc) is 2.53. The number of rotatable bonds is 6. The minimum Gasteiger partial charge on any atom is -0.338 e. The molecule has 0 aliphatic rings. The van der Waals surface area contributed by atoms with Crippen LogP contribution in [-0.2, 0) is 6.42 Å². The second kappa shape index (κ2) is 7.78. The van der Waals surface area contributed by atoms with E-state index in [9.17, 15) is 14.9 Å². The lowest BCUT2D eigenvalue weighted by Crippen LogP contribution is -2.29. The van der Waals surface area contributed by atoms with Crippen molar-refractivity contribution < 1.29 is 9.72 Å². The molecule has 2 aromatic carbocycles. The summed E-state index contributed by atoms with van der Waals surface area (Å²) < 4.78 is 0. The largest absolute Gasteiger partial charge is 0.338 e. The zero-order valence-corrected chi connectivity index (χ0v) is 12.0. The summed E-state index contributed by atoms with van der Waals surface area (Å²) in [4.78, 5) is 21.7. The van der Waals surface area contributed by atoms with Gasteiger partial charge in [0.15, 0.2) is 0 Å². The monoisotopic (exact) mass is 299 g/mol. The Morgan fingerprint density at radius 1 is 1.05 bits per heavy atom. The molecule has 114 valence electrons. The number of urea groups is 1. The molecule has 0 atom stereocenters. The number of benzene rings is 2. The maximum absolute atomic E-state index is 11.7. The van der Waals surface area contributed by atoms with Crippen molar-refractivity contribution in [2.75, 3.05) is 11.9 Å². The molecule has 0 fully saturated rings. The molecule has 0 unspecified atom stereocenters. The van der Waals surface area contributed by atoms with Crippen molar-refractivity contribution in [3.05, 3.63) is 70.3 Å². The lowest BCUT2D eigenvalue weighted by molar-refractivity contribution is -0.384. The number of amides is 2. The number of hydrogen-bond acceptors (Lipinski definition) is 3. The number of non-ortho nitro benzene ring substituents is 1. The van der Waals surface area contributed by atoms with Gasteiger partial charge in [-0.3, -0.25) is 10.1 Å². The molecular formula is C16H17N3O3. The molecule has 0 saturated heterocycles. The van der Waals surface area contributed by atoms with Crippen molar-refractivity contribution in [3.63, 3.8) is 0 Å². The highest BCUT2D eigenvalue weighted by Gasteiger charge is 2.05. The highest BCUT2D eigenvalue weighted by Crippen LogP contribution is 2.15. The SMILES string of the molecule is O=C(NCCCc1ccccc1)Nc1ccc([N+](=O)[O-])cc1. The first kappa shape index (κ1) is 15.5. The quantitative estimate of drug-likeness (QED) is 0.487. The van der Waals surface area contributed by atoms with E-state index in [1.807, 2.05) is 18.2 Å². The molecule has 0 aliphatic heterocycles. The normalized spacial score (nSPS) is 10.0. The molecular weight excluding hydrogens is 282 g/mol. The molecule has 2 rings (SSSR count). The van der Waals surface area contributed by atoms with Crippen molar-refractivity contribution in [1.29, 1.82) is 0 Å². The summed E-state index contributed by atoms with van der Waals surface area (Å²) in [6.45, 7) is 0.563. The van der Waals surface area contributed by atoms with E-state index in [0.717, 1.165) is 12.8 Å². The lowest BCUT2D eigenvalue weighted by atomic mass is 10.1. The highest BCUT2D eigenvalue weighted by molar-refractivity contribution is 5.89. The number of anilines is 1. The van der Waals surface area contributed by atoms with E-state index >= 15 is 0 Å². The number of aryl methyl sites for hydroxylation is 1. The third-order valence-electron chi connectivity index (χ3n) is 3.11. The van der Waals surface area contributed by atoms with Crippen LogP contribution in [0, 0.1) is 10.1 Å². The van der Waals surface area contributed by atoms with Gasteiger partial charge in [0.05, 0.1) is 4.92 Å². The summed E-state index contributed by atoms with van der Waals surface area (Å²) in [7, 11) is 0. The molecule has 22 heavy (non-hydrogen) atoms. The van der Waals surface area contributed by atoms with Gasteiger partial charge in [-0.05, 0) is 30.5 Å². The van der Waals surface area contributed by atoms with E-state index in [1.54, 1.807) is 0 Å². The van der Waals surface area contributed by atoms with E-state index in [4.69, 9.17) is 0 Å². The van der Waals surface area contributed by atoms with Crippen LogP contribution in [0.4, 0.5) is 16.2 Å². The molecule has 0 radical (unpaired) electrons. The number of nitrogens with zero attached hydrogens (tertiary/aromatic N) is 1. The van der Waals surface area contributed by atoms with E-state index in [-0.39, 0.29) is 11.7 Å². The maximum atomic E-state index is 11.7. The van der Waals surface area contributed by atoms with Gasteiger partial charge in [0.2, 0.25) is 0 Å². The number of hydrogen-bond donors (Lipinski definition) is 2. The van der Waals surface area contributed by atoms with Gasteiger partial charge in [0.25, 0.3) is 5.69 Å². The molecule has 2 aromatic rings. The van der Waals surface area contributed by atoms with E-state index in [1.165, 1.54) is 29.8 Å². The Morgan fingerprint density at radius 2 is 1.73 bits per heavy atom. The van der Waals surface area contributed by atoms with Crippen LogP contribution in [0.5, 0.6) is 0 Å². The van der Waals surface area contributed by atoms with Crippen molar-refractivity contribution in [2.24, 2.45) is 0 Å². The first-order valence-electron chi connectivity index (χ1n) is 6.98. The predicted octanol–water partition coefficient (Wildman–Crippen LogP) is 3.35. The van der Waals surface area contributed by atoms with Gasteiger partial charge in [0, 0.05) is 24.4 Å². The van der Waals surface area contributed by atoms with Crippen molar-refractivity contribution in [1.82, 2.24) is 5.32 Å². The van der Waals surface area contributed by atoms with Crippen molar-refractivity contribution >= 4 is 17.4 Å². The predicted molar refractivity (Wildman–Crippen MR) is 84.9 cm³/mol. The topological polar surface area (TPSA) is 84.3 Å². The second-order valence-electron chi connectivity index (χ2n) is 4.77. The smallest absolute Gasteiger partial charge is 0.319 e. The lowest BCUT2D eigenvalue weighted by Gasteiger charge is -2.07. The van der Waals surface area contributed by atoms with E-state index < -0.39 is 4.92 Å². The number of carbonyl (C=O) groups is 1. The van der Waals surface area contributed by atoms with Gasteiger partial charge in [-0.2, -0.15) is 0 Å². The van der Waals surface area contributed by atoms with E-state index in [0.29, 0.717) is 12.2 Å². The fourth-order valence-electron chi connectivity index (χ4n) is 1.98. The summed E-state index contributed by atoms with van der Waals surface area (Å²) in [5, 5.41) is 15.9. The van der Waals surface area contributed by atoms with Gasteiger partial charge in [-0.25, -0.2) is 4.79 Å². The molecule has 0 aliphatic carbocycles. The number of nitro benzene ring substituents is 1. The van der Waals surface area contributed by atoms with Gasteiger partial charge in [-0.1, -0.05) is 30.3 Å². The third-order valence-corrected chi connectivity index (χ3v) is 3.11. The van der Waals surface area contributed by atoms with Gasteiger partial charge in [0.1, 0.15) is 0 Å². The molecule has 0 bridgehead atoms. The molecule has 6 heteroatoms. The fourth-order valence-corrected chi connectivity index (χ4v) is 1.98. The van der Waals surface area contributed by atoms with Gasteiger partial charge in [-0.15, -0.1) is 0 Å². The molecule has 6 nitrogen and oxygen atoms in total. The van der Waals surface area contributed by atoms with Crippen molar-refractivity contribution in [3.8, 4) is 0 Å². The van der Waals surface area contributed by atoms with Gasteiger partial charge >= 0.3 is 6.03 Å².